The van der Waals surface area contributed by atoms with Crippen LogP contribution in [0, 0.1) is 5.82 Å². The minimum atomic E-state index is -0.729. The number of rotatable bonds is 4. The number of primary amides is 1. The Bertz CT molecular complexity index is 375. The maximum Gasteiger partial charge on any atom is 0.239 e. The molecular formula is C11H14ClFN2O. The molecule has 0 aliphatic rings. The molecule has 1 unspecified atom stereocenters. The second kappa shape index (κ2) is 5.27. The fourth-order valence-electron chi connectivity index (χ4n) is 1.42. The van der Waals surface area contributed by atoms with Crippen molar-refractivity contribution in [1.29, 1.82) is 0 Å². The van der Waals surface area contributed by atoms with Gasteiger partial charge in [-0.15, -0.1) is 0 Å². The van der Waals surface area contributed by atoms with Crippen molar-refractivity contribution in [1.82, 2.24) is 5.32 Å². The highest BCUT2D eigenvalue weighted by Crippen LogP contribution is 2.20. The maximum atomic E-state index is 13.1. The van der Waals surface area contributed by atoms with Crippen LogP contribution in [0.3, 0.4) is 0 Å². The van der Waals surface area contributed by atoms with Crippen LogP contribution in [0.5, 0.6) is 0 Å². The van der Waals surface area contributed by atoms with E-state index < -0.39 is 17.8 Å². The van der Waals surface area contributed by atoms with Gasteiger partial charge in [0.05, 0.1) is 0 Å². The van der Waals surface area contributed by atoms with E-state index in [1.165, 1.54) is 18.2 Å². The Balaban J connectivity index is 3.05. The summed E-state index contributed by atoms with van der Waals surface area (Å²) in [6.45, 7) is 3.74. The highest BCUT2D eigenvalue weighted by Gasteiger charge is 2.19. The van der Waals surface area contributed by atoms with Crippen LogP contribution in [0.4, 0.5) is 4.39 Å². The molecule has 0 spiro atoms. The van der Waals surface area contributed by atoms with Gasteiger partial charge in [-0.25, -0.2) is 4.39 Å². The summed E-state index contributed by atoms with van der Waals surface area (Å²) in [5.74, 6) is -1.05. The van der Waals surface area contributed by atoms with Crippen molar-refractivity contribution in [3.05, 3.63) is 34.6 Å². The molecule has 0 aliphatic heterocycles. The van der Waals surface area contributed by atoms with E-state index in [2.05, 4.69) is 5.32 Å². The lowest BCUT2D eigenvalue weighted by atomic mass is 10.1. The van der Waals surface area contributed by atoms with Crippen LogP contribution in [-0.2, 0) is 4.79 Å². The fraction of sp³-hybridized carbons (Fsp3) is 0.364. The molecule has 1 aromatic rings. The lowest BCUT2D eigenvalue weighted by molar-refractivity contribution is -0.120. The molecule has 1 rings (SSSR count). The quantitative estimate of drug-likeness (QED) is 0.851. The molecule has 3 nitrogen and oxygen atoms in total. The normalized spacial score (nSPS) is 12.8. The summed E-state index contributed by atoms with van der Waals surface area (Å²) in [6.07, 6.45) is 0. The number of halogens is 2. The molecule has 0 saturated carbocycles. The summed E-state index contributed by atoms with van der Waals surface area (Å²) < 4.78 is 13.1. The molecule has 0 radical (unpaired) electrons. The molecule has 0 saturated heterocycles. The Morgan fingerprint density at radius 2 is 2.06 bits per heavy atom. The van der Waals surface area contributed by atoms with Gasteiger partial charge in [0.1, 0.15) is 11.9 Å². The minimum absolute atomic E-state index is 0.0551. The van der Waals surface area contributed by atoms with E-state index in [1.807, 2.05) is 13.8 Å². The molecule has 0 aliphatic carbocycles. The smallest absolute Gasteiger partial charge is 0.239 e. The number of carbonyl (C=O) groups excluding carboxylic acids is 1. The van der Waals surface area contributed by atoms with Gasteiger partial charge in [-0.3, -0.25) is 10.1 Å². The molecule has 0 fully saturated rings. The van der Waals surface area contributed by atoms with Crippen LogP contribution in [0.1, 0.15) is 25.5 Å². The number of hydrogen-bond donors (Lipinski definition) is 2. The third kappa shape index (κ3) is 3.47. The summed E-state index contributed by atoms with van der Waals surface area (Å²) in [5, 5.41) is 3.19. The van der Waals surface area contributed by atoms with Crippen LogP contribution >= 0.6 is 11.6 Å². The van der Waals surface area contributed by atoms with Crippen molar-refractivity contribution in [2.24, 2.45) is 5.73 Å². The van der Waals surface area contributed by atoms with Crippen molar-refractivity contribution < 1.29 is 9.18 Å². The zero-order valence-corrected chi connectivity index (χ0v) is 9.88. The van der Waals surface area contributed by atoms with Crippen molar-refractivity contribution >= 4 is 17.5 Å². The van der Waals surface area contributed by atoms with E-state index in [0.717, 1.165) is 0 Å². The summed E-state index contributed by atoms with van der Waals surface area (Å²) in [6, 6.07) is 3.28. The first-order valence-electron chi connectivity index (χ1n) is 4.91. The van der Waals surface area contributed by atoms with E-state index >= 15 is 0 Å². The first kappa shape index (κ1) is 12.9. The Kier molecular flexibility index (Phi) is 4.26. The van der Waals surface area contributed by atoms with E-state index in [-0.39, 0.29) is 11.1 Å². The van der Waals surface area contributed by atoms with Crippen LogP contribution in [0.25, 0.3) is 0 Å². The monoisotopic (exact) mass is 244 g/mol. The second-order valence-electron chi connectivity index (χ2n) is 3.86. The van der Waals surface area contributed by atoms with Gasteiger partial charge in [0.2, 0.25) is 5.91 Å². The van der Waals surface area contributed by atoms with Crippen molar-refractivity contribution in [3.63, 3.8) is 0 Å². The third-order valence-electron chi connectivity index (χ3n) is 2.00. The molecule has 0 heterocycles. The maximum absolute atomic E-state index is 13.1. The summed E-state index contributed by atoms with van der Waals surface area (Å²) in [7, 11) is 0. The Morgan fingerprint density at radius 3 is 2.50 bits per heavy atom. The molecule has 88 valence electrons. The van der Waals surface area contributed by atoms with Crippen molar-refractivity contribution in [3.8, 4) is 0 Å². The third-order valence-corrected chi connectivity index (χ3v) is 2.22. The van der Waals surface area contributed by atoms with Gasteiger partial charge in [0.25, 0.3) is 0 Å². The van der Waals surface area contributed by atoms with Crippen LogP contribution in [-0.4, -0.2) is 11.9 Å². The highest BCUT2D eigenvalue weighted by molar-refractivity contribution is 6.30. The number of carbonyl (C=O) groups is 1. The lowest BCUT2D eigenvalue weighted by Gasteiger charge is -2.18. The average Bonchev–Trinajstić information content (AvgIpc) is 2.11. The molecule has 5 heteroatoms. The van der Waals surface area contributed by atoms with Crippen LogP contribution < -0.4 is 11.1 Å². The molecule has 16 heavy (non-hydrogen) atoms. The lowest BCUT2D eigenvalue weighted by Crippen LogP contribution is -2.37. The minimum Gasteiger partial charge on any atom is -0.368 e. The Labute approximate surface area is 98.8 Å². The largest absolute Gasteiger partial charge is 0.368 e. The van der Waals surface area contributed by atoms with Gasteiger partial charge in [0.15, 0.2) is 0 Å². The van der Waals surface area contributed by atoms with Crippen molar-refractivity contribution in [2.45, 2.75) is 25.9 Å². The van der Waals surface area contributed by atoms with Gasteiger partial charge in [0, 0.05) is 11.1 Å². The molecule has 1 aromatic carbocycles. The molecule has 0 bridgehead atoms. The van der Waals surface area contributed by atoms with Gasteiger partial charge in [-0.05, 0) is 37.6 Å². The van der Waals surface area contributed by atoms with Crippen LogP contribution in [0.15, 0.2) is 18.2 Å². The Morgan fingerprint density at radius 1 is 1.44 bits per heavy atom. The first-order valence-corrected chi connectivity index (χ1v) is 5.29. The first-order chi connectivity index (χ1) is 7.40. The number of nitrogens with two attached hydrogens (primary N) is 1. The van der Waals surface area contributed by atoms with E-state index in [4.69, 9.17) is 17.3 Å². The summed E-state index contributed by atoms with van der Waals surface area (Å²) in [5.41, 5.74) is 5.69. The predicted molar refractivity (Wildman–Crippen MR) is 61.6 cm³/mol. The van der Waals surface area contributed by atoms with E-state index in [1.54, 1.807) is 0 Å². The second-order valence-corrected chi connectivity index (χ2v) is 4.30. The van der Waals surface area contributed by atoms with Crippen molar-refractivity contribution in [2.75, 3.05) is 0 Å². The summed E-state index contributed by atoms with van der Waals surface area (Å²) >= 11 is 5.72. The van der Waals surface area contributed by atoms with E-state index in [9.17, 15) is 9.18 Å². The van der Waals surface area contributed by atoms with Gasteiger partial charge >= 0.3 is 0 Å². The zero-order valence-electron chi connectivity index (χ0n) is 9.13. The molecule has 0 aromatic heterocycles. The van der Waals surface area contributed by atoms with Gasteiger partial charge in [-0.2, -0.15) is 0 Å². The van der Waals surface area contributed by atoms with Crippen LogP contribution in [0.2, 0.25) is 5.02 Å². The average molecular weight is 245 g/mol. The Hall–Kier alpha value is -1.13. The number of benzene rings is 1. The number of amides is 1. The highest BCUT2D eigenvalue weighted by atomic mass is 35.5. The molecule has 1 amide bonds. The van der Waals surface area contributed by atoms with E-state index in [0.29, 0.717) is 5.56 Å². The molecular weight excluding hydrogens is 231 g/mol. The standard InChI is InChI=1S/C11H14ClFN2O/c1-6(2)15-10(11(14)16)7-3-8(12)5-9(13)4-7/h3-6,10,15H,1-2H3,(H2,14,16). The van der Waals surface area contributed by atoms with Gasteiger partial charge < -0.3 is 5.73 Å². The zero-order chi connectivity index (χ0) is 12.3. The van der Waals surface area contributed by atoms with Gasteiger partial charge in [-0.1, -0.05) is 11.6 Å². The summed E-state index contributed by atoms with van der Waals surface area (Å²) in [4.78, 5) is 11.3. The molecule has 3 N–H and O–H groups in total. The fourth-order valence-corrected chi connectivity index (χ4v) is 1.65. The number of hydrogen-bond acceptors (Lipinski definition) is 2. The predicted octanol–water partition coefficient (Wildman–Crippen LogP) is 2.00. The SMILES string of the molecule is CC(C)NC(C(N)=O)c1cc(F)cc(Cl)c1. The molecule has 1 atom stereocenters. The topological polar surface area (TPSA) is 55.1 Å². The number of nitrogens with one attached hydrogen (secondary N) is 1.